The molecule has 0 unspecified atom stereocenters. The summed E-state index contributed by atoms with van der Waals surface area (Å²) in [5, 5.41) is 2.14. The first kappa shape index (κ1) is 35.8. The van der Waals surface area contributed by atoms with E-state index >= 15 is 0 Å². The number of aryl methyl sites for hydroxylation is 1. The monoisotopic (exact) mass is 680 g/mol. The Labute approximate surface area is 296 Å². The van der Waals surface area contributed by atoms with Crippen LogP contribution in [0.4, 0.5) is 0 Å². The van der Waals surface area contributed by atoms with Crippen molar-refractivity contribution in [3.63, 3.8) is 0 Å². The van der Waals surface area contributed by atoms with Crippen molar-refractivity contribution < 1.29 is 38.1 Å². The summed E-state index contributed by atoms with van der Waals surface area (Å²) in [6.45, 7) is 15.4. The summed E-state index contributed by atoms with van der Waals surface area (Å²) in [4.78, 5) is 48.7. The van der Waals surface area contributed by atoms with Gasteiger partial charge >= 0.3 is 23.9 Å². The summed E-state index contributed by atoms with van der Waals surface area (Å²) in [6.07, 6.45) is 0.345. The van der Waals surface area contributed by atoms with Crippen LogP contribution in [-0.2, 0) is 25.6 Å². The summed E-state index contributed by atoms with van der Waals surface area (Å²) >= 11 is 0. The second-order valence-electron chi connectivity index (χ2n) is 12.1. The molecular weight excluding hydrogens is 644 g/mol. The van der Waals surface area contributed by atoms with Gasteiger partial charge in [0.2, 0.25) is 0 Å². The first-order chi connectivity index (χ1) is 24.4. The number of hydrogen-bond donors (Lipinski definition) is 0. The summed E-state index contributed by atoms with van der Waals surface area (Å²) in [5.74, 6) is -1.28. The molecular formula is C43H36O8. The Morgan fingerprint density at radius 1 is 0.471 bits per heavy atom. The van der Waals surface area contributed by atoms with Crippen LogP contribution in [0.25, 0.3) is 33.0 Å². The lowest BCUT2D eigenvalue weighted by atomic mass is 9.97. The molecule has 8 nitrogen and oxygen atoms in total. The third-order valence-electron chi connectivity index (χ3n) is 7.73. The number of hydrogen-bond acceptors (Lipinski definition) is 8. The van der Waals surface area contributed by atoms with E-state index in [9.17, 15) is 19.2 Å². The van der Waals surface area contributed by atoms with Gasteiger partial charge in [-0.15, -0.1) is 0 Å². The summed E-state index contributed by atoms with van der Waals surface area (Å²) in [6, 6.07) is 31.8. The standard InChI is InChI=1S/C43H36O8/c1-26(2)41(45)49-37-19-15-31(16-20-37)33-10-12-34-24-32(9-11-35(34)25-33)30-13-17-36(18-14-30)48-40(44)22-8-29-7-21-38(50-42(46)27(3)4)39(23-29)51-43(47)28(5)6/h7,9-21,23-25H,1,3,5,8,22H2,2,4,6H3. The van der Waals surface area contributed by atoms with Crippen LogP contribution in [0, 0.1) is 0 Å². The molecule has 8 heteroatoms. The van der Waals surface area contributed by atoms with E-state index in [1.807, 2.05) is 36.4 Å². The van der Waals surface area contributed by atoms with Crippen molar-refractivity contribution in [2.75, 3.05) is 0 Å². The maximum Gasteiger partial charge on any atom is 0.338 e. The van der Waals surface area contributed by atoms with Crippen molar-refractivity contribution >= 4 is 34.6 Å². The number of esters is 4. The fourth-order valence-electron chi connectivity index (χ4n) is 4.90. The van der Waals surface area contributed by atoms with Gasteiger partial charge in [0.05, 0.1) is 0 Å². The van der Waals surface area contributed by atoms with Crippen LogP contribution >= 0.6 is 0 Å². The molecule has 0 radical (unpaired) electrons. The van der Waals surface area contributed by atoms with Crippen molar-refractivity contribution in [3.8, 4) is 45.3 Å². The second kappa shape index (κ2) is 15.8. The number of carbonyl (C=O) groups excluding carboxylic acids is 4. The number of fused-ring (bicyclic) bond motifs is 1. The summed E-state index contributed by atoms with van der Waals surface area (Å²) in [5.41, 5.74) is 5.37. The first-order valence-electron chi connectivity index (χ1n) is 16.1. The third-order valence-corrected chi connectivity index (χ3v) is 7.73. The number of carbonyl (C=O) groups is 4. The van der Waals surface area contributed by atoms with Gasteiger partial charge in [0.1, 0.15) is 11.5 Å². The van der Waals surface area contributed by atoms with Crippen molar-refractivity contribution in [1.29, 1.82) is 0 Å². The van der Waals surface area contributed by atoms with Gasteiger partial charge in [-0.3, -0.25) is 4.79 Å². The molecule has 0 heterocycles. The van der Waals surface area contributed by atoms with E-state index in [4.69, 9.17) is 18.9 Å². The largest absolute Gasteiger partial charge is 0.427 e. The van der Waals surface area contributed by atoms with E-state index in [2.05, 4.69) is 44.0 Å². The Balaban J connectivity index is 1.20. The fourth-order valence-corrected chi connectivity index (χ4v) is 4.90. The molecule has 0 aliphatic rings. The highest BCUT2D eigenvalue weighted by Gasteiger charge is 2.17. The van der Waals surface area contributed by atoms with E-state index in [1.54, 1.807) is 37.3 Å². The second-order valence-corrected chi connectivity index (χ2v) is 12.1. The van der Waals surface area contributed by atoms with Gasteiger partial charge in [-0.1, -0.05) is 74.3 Å². The van der Waals surface area contributed by atoms with Crippen LogP contribution in [-0.4, -0.2) is 23.9 Å². The Morgan fingerprint density at radius 3 is 1.39 bits per heavy atom. The van der Waals surface area contributed by atoms with Crippen LogP contribution in [0.3, 0.4) is 0 Å². The zero-order valence-corrected chi connectivity index (χ0v) is 28.6. The molecule has 0 N–H and O–H groups in total. The molecule has 5 aromatic carbocycles. The molecule has 0 saturated carbocycles. The van der Waals surface area contributed by atoms with E-state index in [0.717, 1.165) is 33.0 Å². The lowest BCUT2D eigenvalue weighted by molar-refractivity contribution is -0.134. The van der Waals surface area contributed by atoms with Crippen LogP contribution in [0.5, 0.6) is 23.0 Å². The number of benzene rings is 5. The van der Waals surface area contributed by atoms with Crippen molar-refractivity contribution in [3.05, 3.63) is 145 Å². The molecule has 0 aliphatic carbocycles. The molecule has 0 bridgehead atoms. The zero-order chi connectivity index (χ0) is 36.7. The highest BCUT2D eigenvalue weighted by Crippen LogP contribution is 2.32. The molecule has 0 spiro atoms. The van der Waals surface area contributed by atoms with Crippen molar-refractivity contribution in [2.45, 2.75) is 33.6 Å². The van der Waals surface area contributed by atoms with Gasteiger partial charge in [0.15, 0.2) is 11.5 Å². The average molecular weight is 681 g/mol. The normalized spacial score (nSPS) is 10.6. The molecule has 0 aromatic heterocycles. The quantitative estimate of drug-likeness (QED) is 0.0730. The smallest absolute Gasteiger partial charge is 0.338 e. The van der Waals surface area contributed by atoms with Gasteiger partial charge in [-0.2, -0.15) is 0 Å². The maximum atomic E-state index is 12.7. The third kappa shape index (κ3) is 9.33. The van der Waals surface area contributed by atoms with Gasteiger partial charge in [-0.25, -0.2) is 14.4 Å². The Hall–Kier alpha value is -6.54. The predicted molar refractivity (Wildman–Crippen MR) is 197 cm³/mol. The van der Waals surface area contributed by atoms with Crippen LogP contribution in [0.2, 0.25) is 0 Å². The summed E-state index contributed by atoms with van der Waals surface area (Å²) < 4.78 is 21.5. The summed E-state index contributed by atoms with van der Waals surface area (Å²) in [7, 11) is 0. The van der Waals surface area contributed by atoms with Gasteiger partial charge < -0.3 is 18.9 Å². The predicted octanol–water partition coefficient (Wildman–Crippen LogP) is 9.16. The van der Waals surface area contributed by atoms with E-state index in [1.165, 1.54) is 26.0 Å². The first-order valence-corrected chi connectivity index (χ1v) is 16.1. The lowest BCUT2D eigenvalue weighted by Gasteiger charge is -2.12. The minimum atomic E-state index is -0.676. The van der Waals surface area contributed by atoms with Crippen molar-refractivity contribution in [2.24, 2.45) is 0 Å². The lowest BCUT2D eigenvalue weighted by Crippen LogP contribution is -2.13. The molecule has 0 atom stereocenters. The Morgan fingerprint density at radius 2 is 0.902 bits per heavy atom. The van der Waals surface area contributed by atoms with Crippen LogP contribution in [0.1, 0.15) is 32.8 Å². The van der Waals surface area contributed by atoms with Gasteiger partial charge in [0, 0.05) is 23.1 Å². The van der Waals surface area contributed by atoms with Gasteiger partial charge in [0.25, 0.3) is 0 Å². The SMILES string of the molecule is C=C(C)C(=O)Oc1ccc(-c2ccc3cc(-c4ccc(OC(=O)CCc5ccc(OC(=O)C(=C)C)c(OC(=O)C(=C)C)c5)cc4)ccc3c2)cc1. The number of rotatable bonds is 12. The minimum absolute atomic E-state index is 0.0308. The van der Waals surface area contributed by atoms with Crippen LogP contribution < -0.4 is 18.9 Å². The highest BCUT2D eigenvalue weighted by atomic mass is 16.6. The molecule has 0 aliphatic heterocycles. The number of ether oxygens (including phenoxy) is 4. The Bertz CT molecular complexity index is 2190. The molecule has 0 fully saturated rings. The molecule has 5 aromatic rings. The van der Waals surface area contributed by atoms with E-state index in [-0.39, 0.29) is 35.5 Å². The van der Waals surface area contributed by atoms with Crippen molar-refractivity contribution in [1.82, 2.24) is 0 Å². The molecule has 256 valence electrons. The zero-order valence-electron chi connectivity index (χ0n) is 28.6. The topological polar surface area (TPSA) is 105 Å². The minimum Gasteiger partial charge on any atom is -0.427 e. The van der Waals surface area contributed by atoms with Gasteiger partial charge in [-0.05, 0) is 114 Å². The van der Waals surface area contributed by atoms with E-state index in [0.29, 0.717) is 22.6 Å². The highest BCUT2D eigenvalue weighted by molar-refractivity contribution is 5.92. The molecule has 5 rings (SSSR count). The fraction of sp³-hybridized carbons (Fsp3) is 0.116. The maximum absolute atomic E-state index is 12.7. The molecule has 0 amide bonds. The van der Waals surface area contributed by atoms with E-state index < -0.39 is 23.9 Å². The average Bonchev–Trinajstić information content (AvgIpc) is 3.11. The Kier molecular flexibility index (Phi) is 11.1. The van der Waals surface area contributed by atoms with Crippen LogP contribution in [0.15, 0.2) is 140 Å². The molecule has 0 saturated heterocycles. The molecule has 51 heavy (non-hydrogen) atoms.